The van der Waals surface area contributed by atoms with Gasteiger partial charge in [-0.3, -0.25) is 9.59 Å². The first-order chi connectivity index (χ1) is 12.0. The predicted molar refractivity (Wildman–Crippen MR) is 96.8 cm³/mol. The van der Waals surface area contributed by atoms with Crippen LogP contribution in [-0.4, -0.2) is 18.9 Å². The molecular formula is C20H18N2O3. The van der Waals surface area contributed by atoms with Gasteiger partial charge in [0.15, 0.2) is 0 Å². The Morgan fingerprint density at radius 3 is 2.44 bits per heavy atom. The van der Waals surface area contributed by atoms with Gasteiger partial charge < -0.3 is 16.2 Å². The smallest absolute Gasteiger partial charge is 0.249 e. The van der Waals surface area contributed by atoms with Crippen LogP contribution in [0.3, 0.4) is 0 Å². The first-order valence-electron chi connectivity index (χ1n) is 7.78. The van der Waals surface area contributed by atoms with Crippen molar-refractivity contribution >= 4 is 22.6 Å². The molecule has 0 saturated carbocycles. The van der Waals surface area contributed by atoms with Crippen LogP contribution < -0.4 is 16.2 Å². The Balaban J connectivity index is 2.17. The van der Waals surface area contributed by atoms with Gasteiger partial charge in [-0.15, -0.1) is 0 Å². The fraction of sp³-hybridized carbons (Fsp3) is 0.100. The molecule has 0 saturated heterocycles. The molecule has 2 amide bonds. The average molecular weight is 334 g/mol. The lowest BCUT2D eigenvalue weighted by Gasteiger charge is -2.13. The molecule has 3 aromatic rings. The van der Waals surface area contributed by atoms with Gasteiger partial charge in [-0.2, -0.15) is 0 Å². The quantitative estimate of drug-likeness (QED) is 0.751. The number of carbonyl (C=O) groups excluding carboxylic acids is 2. The second kappa shape index (κ2) is 6.65. The number of rotatable bonds is 5. The molecule has 0 aromatic heterocycles. The van der Waals surface area contributed by atoms with Crippen LogP contribution in [0, 0.1) is 0 Å². The summed E-state index contributed by atoms with van der Waals surface area (Å²) in [6, 6.07) is 16.3. The number of carbonyl (C=O) groups is 2. The summed E-state index contributed by atoms with van der Waals surface area (Å²) >= 11 is 0. The van der Waals surface area contributed by atoms with Gasteiger partial charge in [-0.25, -0.2) is 0 Å². The first kappa shape index (κ1) is 16.5. The van der Waals surface area contributed by atoms with Crippen LogP contribution in [0.5, 0.6) is 5.75 Å². The molecule has 126 valence electrons. The van der Waals surface area contributed by atoms with E-state index in [1.165, 1.54) is 0 Å². The van der Waals surface area contributed by atoms with Crippen LogP contribution in [0.25, 0.3) is 10.8 Å². The second-order valence-corrected chi connectivity index (χ2v) is 5.78. The van der Waals surface area contributed by atoms with Crippen molar-refractivity contribution in [1.29, 1.82) is 0 Å². The fourth-order valence-corrected chi connectivity index (χ4v) is 2.96. The predicted octanol–water partition coefficient (Wildman–Crippen LogP) is 2.64. The highest BCUT2D eigenvalue weighted by Crippen LogP contribution is 2.27. The Kier molecular flexibility index (Phi) is 4.39. The number of hydrogen-bond acceptors (Lipinski definition) is 3. The van der Waals surface area contributed by atoms with E-state index in [1.54, 1.807) is 37.4 Å². The Labute approximate surface area is 145 Å². The van der Waals surface area contributed by atoms with E-state index in [9.17, 15) is 9.59 Å². The van der Waals surface area contributed by atoms with E-state index >= 15 is 0 Å². The molecule has 0 radical (unpaired) electrons. The molecule has 0 fully saturated rings. The lowest BCUT2D eigenvalue weighted by molar-refractivity contribution is 0.0991. The van der Waals surface area contributed by atoms with Crippen LogP contribution in [0.4, 0.5) is 0 Å². The highest BCUT2D eigenvalue weighted by atomic mass is 16.5. The summed E-state index contributed by atoms with van der Waals surface area (Å²) in [7, 11) is 1.61. The first-order valence-corrected chi connectivity index (χ1v) is 7.78. The maximum Gasteiger partial charge on any atom is 0.249 e. The molecule has 5 heteroatoms. The van der Waals surface area contributed by atoms with Gasteiger partial charge in [0.25, 0.3) is 0 Å². The third kappa shape index (κ3) is 3.30. The molecule has 0 unspecified atom stereocenters. The van der Waals surface area contributed by atoms with Gasteiger partial charge in [0.1, 0.15) is 5.75 Å². The maximum absolute atomic E-state index is 11.9. The highest BCUT2D eigenvalue weighted by Gasteiger charge is 2.14. The summed E-state index contributed by atoms with van der Waals surface area (Å²) in [4.78, 5) is 23.3. The zero-order valence-corrected chi connectivity index (χ0v) is 13.8. The number of fused-ring (bicyclic) bond motifs is 1. The van der Waals surface area contributed by atoms with Crippen molar-refractivity contribution in [3.8, 4) is 5.75 Å². The van der Waals surface area contributed by atoms with Crippen LogP contribution in [0.2, 0.25) is 0 Å². The van der Waals surface area contributed by atoms with Crippen LogP contribution >= 0.6 is 0 Å². The molecule has 0 atom stereocenters. The lowest BCUT2D eigenvalue weighted by Crippen LogP contribution is -2.15. The Hall–Kier alpha value is -3.34. The van der Waals surface area contributed by atoms with Crippen LogP contribution in [0.1, 0.15) is 31.8 Å². The third-order valence-electron chi connectivity index (χ3n) is 4.20. The number of hydrogen-bond donors (Lipinski definition) is 2. The Bertz CT molecular complexity index is 980. The van der Waals surface area contributed by atoms with Crippen molar-refractivity contribution in [2.45, 2.75) is 6.42 Å². The minimum absolute atomic E-state index is 0.423. The van der Waals surface area contributed by atoms with E-state index in [-0.39, 0.29) is 0 Å². The number of ether oxygens (including phenoxy) is 1. The second-order valence-electron chi connectivity index (χ2n) is 5.78. The highest BCUT2D eigenvalue weighted by molar-refractivity contribution is 6.03. The van der Waals surface area contributed by atoms with E-state index in [0.29, 0.717) is 17.5 Å². The lowest BCUT2D eigenvalue weighted by atomic mass is 9.92. The minimum Gasteiger partial charge on any atom is -0.497 e. The molecule has 3 aromatic carbocycles. The molecule has 5 nitrogen and oxygen atoms in total. The molecule has 0 spiro atoms. The SMILES string of the molecule is COc1cccc(Cc2c(C(N)=O)ccc3cc(C(N)=O)ccc23)c1. The summed E-state index contributed by atoms with van der Waals surface area (Å²) in [5.41, 5.74) is 13.6. The molecule has 0 bridgehead atoms. The summed E-state index contributed by atoms with van der Waals surface area (Å²) in [6.45, 7) is 0. The summed E-state index contributed by atoms with van der Waals surface area (Å²) in [5, 5.41) is 1.70. The largest absolute Gasteiger partial charge is 0.497 e. The molecule has 0 aliphatic carbocycles. The zero-order valence-electron chi connectivity index (χ0n) is 13.8. The summed E-state index contributed by atoms with van der Waals surface area (Å²) < 4.78 is 5.26. The molecule has 0 aliphatic rings. The zero-order chi connectivity index (χ0) is 18.0. The molecule has 3 rings (SSSR count). The third-order valence-corrected chi connectivity index (χ3v) is 4.20. The monoisotopic (exact) mass is 334 g/mol. The van der Waals surface area contributed by atoms with Gasteiger partial charge in [0.05, 0.1) is 7.11 Å². The van der Waals surface area contributed by atoms with E-state index in [0.717, 1.165) is 27.6 Å². The Morgan fingerprint density at radius 2 is 1.76 bits per heavy atom. The fourth-order valence-electron chi connectivity index (χ4n) is 2.96. The van der Waals surface area contributed by atoms with Gasteiger partial charge in [-0.05, 0) is 58.7 Å². The van der Waals surface area contributed by atoms with Crippen molar-refractivity contribution in [1.82, 2.24) is 0 Å². The van der Waals surface area contributed by atoms with E-state index < -0.39 is 11.8 Å². The van der Waals surface area contributed by atoms with E-state index in [4.69, 9.17) is 16.2 Å². The van der Waals surface area contributed by atoms with Crippen molar-refractivity contribution < 1.29 is 14.3 Å². The molecule has 25 heavy (non-hydrogen) atoms. The minimum atomic E-state index is -0.491. The van der Waals surface area contributed by atoms with Crippen molar-refractivity contribution in [2.24, 2.45) is 11.5 Å². The van der Waals surface area contributed by atoms with E-state index in [1.807, 2.05) is 24.3 Å². The summed E-state index contributed by atoms with van der Waals surface area (Å²) in [5.74, 6) is -0.233. The average Bonchev–Trinajstić information content (AvgIpc) is 2.61. The van der Waals surface area contributed by atoms with Gasteiger partial charge >= 0.3 is 0 Å². The Morgan fingerprint density at radius 1 is 0.960 bits per heavy atom. The number of amides is 2. The summed E-state index contributed by atoms with van der Waals surface area (Å²) in [6.07, 6.45) is 0.517. The number of nitrogens with two attached hydrogens (primary N) is 2. The molecule has 0 heterocycles. The van der Waals surface area contributed by atoms with Crippen molar-refractivity contribution in [3.63, 3.8) is 0 Å². The van der Waals surface area contributed by atoms with Gasteiger partial charge in [0.2, 0.25) is 11.8 Å². The van der Waals surface area contributed by atoms with Crippen molar-refractivity contribution in [3.05, 3.63) is 76.9 Å². The number of methoxy groups -OCH3 is 1. The maximum atomic E-state index is 11.9. The molecule has 0 aliphatic heterocycles. The standard InChI is InChI=1S/C20H18N2O3/c1-25-15-4-2-3-12(9-15)10-18-16-7-6-14(19(21)23)11-13(16)5-8-17(18)20(22)24/h2-9,11H,10H2,1H3,(H2,21,23)(H2,22,24). The molecule has 4 N–H and O–H groups in total. The van der Waals surface area contributed by atoms with Crippen LogP contribution in [-0.2, 0) is 6.42 Å². The van der Waals surface area contributed by atoms with Crippen molar-refractivity contribution in [2.75, 3.05) is 7.11 Å². The van der Waals surface area contributed by atoms with Gasteiger partial charge in [-0.1, -0.05) is 24.3 Å². The van der Waals surface area contributed by atoms with Gasteiger partial charge in [0, 0.05) is 11.1 Å². The number of primary amides is 2. The topological polar surface area (TPSA) is 95.4 Å². The van der Waals surface area contributed by atoms with Crippen LogP contribution in [0.15, 0.2) is 54.6 Å². The van der Waals surface area contributed by atoms with E-state index in [2.05, 4.69) is 0 Å². The molecular weight excluding hydrogens is 316 g/mol. The number of benzene rings is 3. The normalized spacial score (nSPS) is 10.6.